The highest BCUT2D eigenvalue weighted by Gasteiger charge is 2.25. The van der Waals surface area contributed by atoms with Crippen molar-refractivity contribution in [3.05, 3.63) is 17.5 Å². The first-order chi connectivity index (χ1) is 10.1. The molecule has 5 nitrogen and oxygen atoms in total. The minimum Gasteiger partial charge on any atom is -0.396 e. The van der Waals surface area contributed by atoms with E-state index in [1.165, 1.54) is 0 Å². The van der Waals surface area contributed by atoms with Crippen LogP contribution in [0.15, 0.2) is 6.07 Å². The Bertz CT molecular complexity index is 498. The standard InChI is InChI=1S/C17H31N3O2/c1-11(2)13(8-9-21)18-16(22)14-10-15(12(3)4)20(19-14)17(5,6)7/h10-13,21H,8-9H2,1-7H3,(H,18,22). The summed E-state index contributed by atoms with van der Waals surface area (Å²) in [6.07, 6.45) is 0.556. The summed E-state index contributed by atoms with van der Waals surface area (Å²) in [5, 5.41) is 16.6. The van der Waals surface area contributed by atoms with Gasteiger partial charge >= 0.3 is 0 Å². The minimum absolute atomic E-state index is 0.0419. The average molecular weight is 309 g/mol. The Labute approximate surface area is 134 Å². The van der Waals surface area contributed by atoms with Crippen LogP contribution >= 0.6 is 0 Å². The average Bonchev–Trinajstić information content (AvgIpc) is 2.83. The molecule has 1 rings (SSSR count). The molecule has 1 aromatic rings. The third-order valence-corrected chi connectivity index (χ3v) is 3.76. The van der Waals surface area contributed by atoms with Gasteiger partial charge in [-0.2, -0.15) is 5.10 Å². The molecule has 0 fully saturated rings. The summed E-state index contributed by atoms with van der Waals surface area (Å²) in [5.74, 6) is 0.397. The summed E-state index contributed by atoms with van der Waals surface area (Å²) >= 11 is 0. The lowest BCUT2D eigenvalue weighted by Crippen LogP contribution is -2.39. The summed E-state index contributed by atoms with van der Waals surface area (Å²) < 4.78 is 1.93. The number of aliphatic hydroxyl groups is 1. The monoisotopic (exact) mass is 309 g/mol. The van der Waals surface area contributed by atoms with E-state index >= 15 is 0 Å². The second-order valence-electron chi connectivity index (χ2n) is 7.53. The second-order valence-corrected chi connectivity index (χ2v) is 7.53. The number of carbonyl (C=O) groups is 1. The van der Waals surface area contributed by atoms with E-state index in [0.717, 1.165) is 5.69 Å². The van der Waals surface area contributed by atoms with Gasteiger partial charge in [0.25, 0.3) is 5.91 Å². The number of nitrogens with zero attached hydrogens (tertiary/aromatic N) is 2. The van der Waals surface area contributed by atoms with Gasteiger partial charge in [0.05, 0.1) is 5.54 Å². The molecule has 0 aromatic carbocycles. The summed E-state index contributed by atoms with van der Waals surface area (Å²) in [6.45, 7) is 14.6. The van der Waals surface area contributed by atoms with Gasteiger partial charge in [0.15, 0.2) is 0 Å². The number of nitrogens with one attached hydrogen (secondary N) is 1. The third-order valence-electron chi connectivity index (χ3n) is 3.76. The largest absolute Gasteiger partial charge is 0.396 e. The Kier molecular flexibility index (Phi) is 6.17. The van der Waals surface area contributed by atoms with Crippen molar-refractivity contribution in [2.75, 3.05) is 6.61 Å². The zero-order valence-electron chi connectivity index (χ0n) is 15.0. The second kappa shape index (κ2) is 7.27. The molecule has 1 heterocycles. The molecule has 0 aliphatic heterocycles. The Morgan fingerprint density at radius 1 is 1.32 bits per heavy atom. The molecule has 1 aromatic heterocycles. The topological polar surface area (TPSA) is 67.2 Å². The van der Waals surface area contributed by atoms with Crippen LogP contribution in [0.3, 0.4) is 0 Å². The van der Waals surface area contributed by atoms with Gasteiger partial charge in [-0.25, -0.2) is 0 Å². The van der Waals surface area contributed by atoms with Crippen molar-refractivity contribution in [3.8, 4) is 0 Å². The maximum absolute atomic E-state index is 12.5. The van der Waals surface area contributed by atoms with E-state index in [0.29, 0.717) is 18.0 Å². The lowest BCUT2D eigenvalue weighted by atomic mass is 10.0. The van der Waals surface area contributed by atoms with Crippen LogP contribution in [0.1, 0.15) is 77.0 Å². The molecule has 0 bridgehead atoms. The van der Waals surface area contributed by atoms with Crippen molar-refractivity contribution in [1.29, 1.82) is 0 Å². The molecule has 0 radical (unpaired) electrons. The van der Waals surface area contributed by atoms with Crippen LogP contribution in [-0.4, -0.2) is 33.4 Å². The molecule has 0 saturated heterocycles. The number of aliphatic hydroxyl groups excluding tert-OH is 1. The maximum Gasteiger partial charge on any atom is 0.272 e. The van der Waals surface area contributed by atoms with Crippen molar-refractivity contribution >= 4 is 5.91 Å². The van der Waals surface area contributed by atoms with Gasteiger partial charge in [0.2, 0.25) is 0 Å². The zero-order valence-corrected chi connectivity index (χ0v) is 15.0. The van der Waals surface area contributed by atoms with Gasteiger partial charge in [-0.05, 0) is 45.1 Å². The number of rotatable bonds is 6. The van der Waals surface area contributed by atoms with Gasteiger partial charge in [0.1, 0.15) is 5.69 Å². The smallest absolute Gasteiger partial charge is 0.272 e. The third kappa shape index (κ3) is 4.57. The highest BCUT2D eigenvalue weighted by atomic mass is 16.3. The SMILES string of the molecule is CC(C)c1cc(C(=O)NC(CCO)C(C)C)nn1C(C)(C)C. The van der Waals surface area contributed by atoms with E-state index in [1.54, 1.807) is 0 Å². The van der Waals surface area contributed by atoms with Crippen LogP contribution in [0.5, 0.6) is 0 Å². The molecular weight excluding hydrogens is 278 g/mol. The fourth-order valence-corrected chi connectivity index (χ4v) is 2.41. The van der Waals surface area contributed by atoms with Gasteiger partial charge in [-0.3, -0.25) is 9.48 Å². The first kappa shape index (κ1) is 18.7. The molecule has 1 atom stereocenters. The normalized spacial score (nSPS) is 13.7. The fraction of sp³-hybridized carbons (Fsp3) is 0.765. The van der Waals surface area contributed by atoms with Crippen LogP contribution in [0.25, 0.3) is 0 Å². The Balaban J connectivity index is 3.04. The molecule has 0 saturated carbocycles. The first-order valence-corrected chi connectivity index (χ1v) is 8.10. The first-order valence-electron chi connectivity index (χ1n) is 8.10. The van der Waals surface area contributed by atoms with Gasteiger partial charge in [0, 0.05) is 18.3 Å². The predicted octanol–water partition coefficient (Wildman–Crippen LogP) is 2.90. The fourth-order valence-electron chi connectivity index (χ4n) is 2.41. The van der Waals surface area contributed by atoms with Crippen molar-refractivity contribution in [2.45, 2.75) is 72.4 Å². The molecule has 0 spiro atoms. The van der Waals surface area contributed by atoms with Crippen molar-refractivity contribution in [1.82, 2.24) is 15.1 Å². The lowest BCUT2D eigenvalue weighted by molar-refractivity contribution is 0.0910. The van der Waals surface area contributed by atoms with Crippen LogP contribution < -0.4 is 5.32 Å². The van der Waals surface area contributed by atoms with Crippen molar-refractivity contribution < 1.29 is 9.90 Å². The molecular formula is C17H31N3O2. The zero-order chi connectivity index (χ0) is 17.1. The molecule has 0 aliphatic rings. The number of aromatic nitrogens is 2. The molecule has 5 heteroatoms. The number of carbonyl (C=O) groups excluding carboxylic acids is 1. The summed E-state index contributed by atoms with van der Waals surface area (Å²) in [7, 11) is 0. The van der Waals surface area contributed by atoms with Crippen LogP contribution in [0.4, 0.5) is 0 Å². The number of hydrogen-bond acceptors (Lipinski definition) is 3. The van der Waals surface area contributed by atoms with Gasteiger partial charge < -0.3 is 10.4 Å². The molecule has 0 aliphatic carbocycles. The predicted molar refractivity (Wildman–Crippen MR) is 89.1 cm³/mol. The molecule has 1 amide bonds. The minimum atomic E-state index is -0.169. The Morgan fingerprint density at radius 3 is 2.27 bits per heavy atom. The van der Waals surface area contributed by atoms with E-state index in [9.17, 15) is 4.79 Å². The summed E-state index contributed by atoms with van der Waals surface area (Å²) in [6, 6.07) is 1.83. The Morgan fingerprint density at radius 2 is 1.91 bits per heavy atom. The van der Waals surface area contributed by atoms with E-state index in [2.05, 4.69) is 45.0 Å². The molecule has 126 valence electrons. The quantitative estimate of drug-likeness (QED) is 0.849. The van der Waals surface area contributed by atoms with Crippen LogP contribution in [0.2, 0.25) is 0 Å². The van der Waals surface area contributed by atoms with E-state index in [1.807, 2.05) is 24.6 Å². The van der Waals surface area contributed by atoms with E-state index in [-0.39, 0.29) is 30.0 Å². The van der Waals surface area contributed by atoms with E-state index in [4.69, 9.17) is 5.11 Å². The molecule has 22 heavy (non-hydrogen) atoms. The maximum atomic E-state index is 12.5. The van der Waals surface area contributed by atoms with Gasteiger partial charge in [-0.15, -0.1) is 0 Å². The van der Waals surface area contributed by atoms with E-state index < -0.39 is 0 Å². The highest BCUT2D eigenvalue weighted by molar-refractivity contribution is 5.92. The van der Waals surface area contributed by atoms with Crippen molar-refractivity contribution in [2.24, 2.45) is 5.92 Å². The number of amides is 1. The van der Waals surface area contributed by atoms with Crippen LogP contribution in [-0.2, 0) is 5.54 Å². The van der Waals surface area contributed by atoms with Gasteiger partial charge in [-0.1, -0.05) is 27.7 Å². The van der Waals surface area contributed by atoms with Crippen LogP contribution in [0, 0.1) is 5.92 Å². The summed E-state index contributed by atoms with van der Waals surface area (Å²) in [5.41, 5.74) is 1.34. The molecule has 2 N–H and O–H groups in total. The molecule has 1 unspecified atom stereocenters. The lowest BCUT2D eigenvalue weighted by Gasteiger charge is -2.24. The summed E-state index contributed by atoms with van der Waals surface area (Å²) in [4.78, 5) is 12.5. The highest BCUT2D eigenvalue weighted by Crippen LogP contribution is 2.23. The number of hydrogen-bond donors (Lipinski definition) is 2. The Hall–Kier alpha value is -1.36. The van der Waals surface area contributed by atoms with Crippen molar-refractivity contribution in [3.63, 3.8) is 0 Å².